The topological polar surface area (TPSA) is 67.3 Å². The van der Waals surface area contributed by atoms with Gasteiger partial charge < -0.3 is 15.0 Å². The van der Waals surface area contributed by atoms with Crippen molar-refractivity contribution in [3.63, 3.8) is 0 Å². The molecule has 0 unspecified atom stereocenters. The Bertz CT molecular complexity index is 982. The molecule has 1 aliphatic heterocycles. The lowest BCUT2D eigenvalue weighted by Crippen LogP contribution is -2.21. The van der Waals surface area contributed by atoms with Crippen LogP contribution < -0.4 is 15.0 Å². The Hall–Kier alpha value is -2.32. The number of hydrogen-bond donors (Lipinski definition) is 1. The van der Waals surface area contributed by atoms with Crippen molar-refractivity contribution in [1.29, 1.82) is 0 Å². The molecule has 0 bridgehead atoms. The second-order valence-electron chi connectivity index (χ2n) is 6.59. The summed E-state index contributed by atoms with van der Waals surface area (Å²) >= 11 is 2.96. The highest BCUT2D eigenvalue weighted by atomic mass is 32.2. The molecule has 1 amide bonds. The highest BCUT2D eigenvalue weighted by Gasteiger charge is 2.21. The third-order valence-corrected chi connectivity index (χ3v) is 6.35. The molecule has 1 N–H and O–H groups in total. The van der Waals surface area contributed by atoms with Crippen LogP contribution in [0.4, 0.5) is 5.82 Å². The Morgan fingerprint density at radius 1 is 1.25 bits per heavy atom. The summed E-state index contributed by atoms with van der Waals surface area (Å²) in [5, 5.41) is 4.72. The van der Waals surface area contributed by atoms with Crippen LogP contribution in [0, 0.1) is 0 Å². The van der Waals surface area contributed by atoms with Gasteiger partial charge in [0.2, 0.25) is 0 Å². The van der Waals surface area contributed by atoms with Crippen LogP contribution in [0.15, 0.2) is 35.5 Å². The Balaban J connectivity index is 1.55. The van der Waals surface area contributed by atoms with Crippen LogP contribution in [0.5, 0.6) is 5.75 Å². The lowest BCUT2D eigenvalue weighted by atomic mass is 10.2. The van der Waals surface area contributed by atoms with Crippen molar-refractivity contribution in [3.8, 4) is 5.75 Å². The maximum Gasteiger partial charge on any atom is 0.261 e. The van der Waals surface area contributed by atoms with Gasteiger partial charge in [-0.25, -0.2) is 9.97 Å². The molecule has 28 heavy (non-hydrogen) atoms. The molecule has 3 aromatic rings. The SMILES string of the molecule is COc1ccc(CNC(=O)c2cc3c(N4CCCC4)nc(SC)nc3s2)cc1. The average Bonchev–Trinajstić information content (AvgIpc) is 3.41. The maximum atomic E-state index is 12.7. The number of hydrogen-bond acceptors (Lipinski definition) is 7. The predicted molar refractivity (Wildman–Crippen MR) is 115 cm³/mol. The third kappa shape index (κ3) is 3.93. The van der Waals surface area contributed by atoms with Crippen molar-refractivity contribution >= 4 is 45.0 Å². The first-order valence-electron chi connectivity index (χ1n) is 9.19. The maximum absolute atomic E-state index is 12.7. The normalized spacial score (nSPS) is 13.9. The van der Waals surface area contributed by atoms with E-state index in [0.717, 1.165) is 45.6 Å². The Kier molecular flexibility index (Phi) is 5.68. The fourth-order valence-corrected chi connectivity index (χ4v) is 4.63. The number of thiophene rings is 1. The zero-order valence-corrected chi connectivity index (χ0v) is 17.5. The number of thioether (sulfide) groups is 1. The molecule has 0 aliphatic carbocycles. The molecule has 1 aromatic carbocycles. The van der Waals surface area contributed by atoms with E-state index in [2.05, 4.69) is 15.2 Å². The highest BCUT2D eigenvalue weighted by Crippen LogP contribution is 2.34. The van der Waals surface area contributed by atoms with Crippen LogP contribution >= 0.6 is 23.1 Å². The molecule has 8 heteroatoms. The molecule has 1 saturated heterocycles. The van der Waals surface area contributed by atoms with E-state index in [0.29, 0.717) is 11.4 Å². The summed E-state index contributed by atoms with van der Waals surface area (Å²) < 4.78 is 5.17. The largest absolute Gasteiger partial charge is 0.497 e. The molecule has 6 nitrogen and oxygen atoms in total. The van der Waals surface area contributed by atoms with E-state index in [1.807, 2.05) is 36.6 Å². The minimum atomic E-state index is -0.0862. The van der Waals surface area contributed by atoms with Crippen molar-refractivity contribution in [1.82, 2.24) is 15.3 Å². The molecule has 0 atom stereocenters. The van der Waals surface area contributed by atoms with Crippen molar-refractivity contribution in [2.24, 2.45) is 0 Å². The first-order chi connectivity index (χ1) is 13.7. The molecular formula is C20H22N4O2S2. The monoisotopic (exact) mass is 414 g/mol. The summed E-state index contributed by atoms with van der Waals surface area (Å²) in [5.74, 6) is 1.67. The molecule has 146 valence electrons. The zero-order valence-electron chi connectivity index (χ0n) is 15.9. The van der Waals surface area contributed by atoms with Crippen LogP contribution in [0.2, 0.25) is 0 Å². The zero-order chi connectivity index (χ0) is 19.5. The lowest BCUT2D eigenvalue weighted by molar-refractivity contribution is 0.0955. The number of rotatable bonds is 6. The van der Waals surface area contributed by atoms with E-state index in [-0.39, 0.29) is 5.91 Å². The number of methoxy groups -OCH3 is 1. The van der Waals surface area contributed by atoms with Crippen LogP contribution in [0.25, 0.3) is 10.2 Å². The molecule has 1 aliphatic rings. The smallest absolute Gasteiger partial charge is 0.261 e. The average molecular weight is 415 g/mol. The molecular weight excluding hydrogens is 392 g/mol. The summed E-state index contributed by atoms with van der Waals surface area (Å²) in [6.07, 6.45) is 4.34. The lowest BCUT2D eigenvalue weighted by Gasteiger charge is -2.17. The van der Waals surface area contributed by atoms with Gasteiger partial charge in [-0.05, 0) is 42.9 Å². The molecule has 3 heterocycles. The number of amides is 1. The van der Waals surface area contributed by atoms with Crippen molar-refractivity contribution in [2.45, 2.75) is 24.5 Å². The summed E-state index contributed by atoms with van der Waals surface area (Å²) in [6.45, 7) is 2.49. The molecule has 2 aromatic heterocycles. The quantitative estimate of drug-likeness (QED) is 0.487. The van der Waals surface area contributed by atoms with Gasteiger partial charge in [-0.3, -0.25) is 4.79 Å². The van der Waals surface area contributed by atoms with Gasteiger partial charge >= 0.3 is 0 Å². The number of benzene rings is 1. The number of anilines is 1. The van der Waals surface area contributed by atoms with Gasteiger partial charge in [0.15, 0.2) is 5.16 Å². The first kappa shape index (κ1) is 19.0. The van der Waals surface area contributed by atoms with Gasteiger partial charge in [-0.15, -0.1) is 11.3 Å². The van der Waals surface area contributed by atoms with Crippen LogP contribution in [-0.4, -0.2) is 42.3 Å². The molecule has 0 spiro atoms. The molecule has 1 fully saturated rings. The van der Waals surface area contributed by atoms with Crippen molar-refractivity contribution < 1.29 is 9.53 Å². The van der Waals surface area contributed by atoms with Gasteiger partial charge in [0.1, 0.15) is 16.4 Å². The third-order valence-electron chi connectivity index (χ3n) is 4.78. The Morgan fingerprint density at radius 3 is 2.68 bits per heavy atom. The van der Waals surface area contributed by atoms with E-state index in [1.54, 1.807) is 7.11 Å². The molecule has 4 rings (SSSR count). The summed E-state index contributed by atoms with van der Waals surface area (Å²) in [6, 6.07) is 9.62. The number of aromatic nitrogens is 2. The van der Waals surface area contributed by atoms with Gasteiger partial charge in [0, 0.05) is 19.6 Å². The van der Waals surface area contributed by atoms with Crippen LogP contribution in [-0.2, 0) is 6.54 Å². The van der Waals surface area contributed by atoms with E-state index in [4.69, 9.17) is 9.72 Å². The number of carbonyl (C=O) groups is 1. The van der Waals surface area contributed by atoms with Crippen LogP contribution in [0.3, 0.4) is 0 Å². The van der Waals surface area contributed by atoms with Gasteiger partial charge in [-0.1, -0.05) is 23.9 Å². The minimum Gasteiger partial charge on any atom is -0.497 e. The number of fused-ring (bicyclic) bond motifs is 1. The number of carbonyl (C=O) groups excluding carboxylic acids is 1. The number of ether oxygens (including phenoxy) is 1. The van der Waals surface area contributed by atoms with Gasteiger partial charge in [0.25, 0.3) is 5.91 Å². The van der Waals surface area contributed by atoms with Crippen molar-refractivity contribution in [2.75, 3.05) is 31.4 Å². The second kappa shape index (κ2) is 8.36. The van der Waals surface area contributed by atoms with Gasteiger partial charge in [-0.2, -0.15) is 0 Å². The van der Waals surface area contributed by atoms with E-state index in [1.165, 1.54) is 35.9 Å². The van der Waals surface area contributed by atoms with E-state index < -0.39 is 0 Å². The number of nitrogens with zero attached hydrogens (tertiary/aromatic N) is 3. The fourth-order valence-electron chi connectivity index (χ4n) is 3.27. The summed E-state index contributed by atoms with van der Waals surface area (Å²) in [7, 11) is 1.64. The number of nitrogens with one attached hydrogen (secondary N) is 1. The predicted octanol–water partition coefficient (Wildman–Crippen LogP) is 3.95. The van der Waals surface area contributed by atoms with Crippen molar-refractivity contribution in [3.05, 3.63) is 40.8 Å². The van der Waals surface area contributed by atoms with E-state index >= 15 is 0 Å². The summed E-state index contributed by atoms with van der Waals surface area (Å²) in [4.78, 5) is 25.9. The molecule has 0 saturated carbocycles. The molecule has 0 radical (unpaired) electrons. The Morgan fingerprint density at radius 2 is 2.00 bits per heavy atom. The fraction of sp³-hybridized carbons (Fsp3) is 0.350. The first-order valence-corrected chi connectivity index (χ1v) is 11.2. The standard InChI is InChI=1S/C20H22N4O2S2/c1-26-14-7-5-13(6-8-14)12-21-18(25)16-11-15-17(24-9-3-4-10-24)22-20(27-2)23-19(15)28-16/h5-8,11H,3-4,9-10,12H2,1-2H3,(H,21,25). The van der Waals surface area contributed by atoms with E-state index in [9.17, 15) is 4.79 Å². The van der Waals surface area contributed by atoms with Gasteiger partial charge in [0.05, 0.1) is 17.4 Å². The van der Waals surface area contributed by atoms with Crippen LogP contribution in [0.1, 0.15) is 28.1 Å². The highest BCUT2D eigenvalue weighted by molar-refractivity contribution is 7.98. The summed E-state index contributed by atoms with van der Waals surface area (Å²) in [5.41, 5.74) is 1.03. The second-order valence-corrected chi connectivity index (χ2v) is 8.39. The Labute approximate surface area is 172 Å². The minimum absolute atomic E-state index is 0.0862.